The van der Waals surface area contributed by atoms with Gasteiger partial charge >= 0.3 is 0 Å². The summed E-state index contributed by atoms with van der Waals surface area (Å²) >= 11 is 0. The molecule has 4 N–H and O–H groups in total. The summed E-state index contributed by atoms with van der Waals surface area (Å²) in [6, 6.07) is 3.66. The van der Waals surface area contributed by atoms with Gasteiger partial charge in [0.05, 0.1) is 11.3 Å². The van der Waals surface area contributed by atoms with E-state index in [1.54, 1.807) is 0 Å². The van der Waals surface area contributed by atoms with E-state index < -0.39 is 21.7 Å². The predicted molar refractivity (Wildman–Crippen MR) is 66.0 cm³/mol. The summed E-state index contributed by atoms with van der Waals surface area (Å²) in [6.07, 6.45) is 0. The maximum absolute atomic E-state index is 13.4. The van der Waals surface area contributed by atoms with Crippen molar-refractivity contribution in [3.05, 3.63) is 29.6 Å². The number of rotatable bonds is 5. The van der Waals surface area contributed by atoms with Crippen molar-refractivity contribution in [2.75, 3.05) is 25.1 Å². The van der Waals surface area contributed by atoms with Crippen molar-refractivity contribution in [1.82, 2.24) is 10.0 Å². The molecule has 0 unspecified atom stereocenters. The van der Waals surface area contributed by atoms with Gasteiger partial charge in [-0.1, -0.05) is 0 Å². The highest BCUT2D eigenvalue weighted by molar-refractivity contribution is 7.89. The van der Waals surface area contributed by atoms with Crippen LogP contribution in [0.15, 0.2) is 18.2 Å². The molecule has 1 aromatic carbocycles. The van der Waals surface area contributed by atoms with Crippen LogP contribution < -0.4 is 15.8 Å². The summed E-state index contributed by atoms with van der Waals surface area (Å²) in [5.41, 5.74) is 5.38. The number of sulfonamides is 1. The molecule has 0 aliphatic heterocycles. The Bertz CT molecular complexity index is 545. The lowest BCUT2D eigenvalue weighted by Crippen LogP contribution is -2.33. The van der Waals surface area contributed by atoms with Crippen LogP contribution in [-0.2, 0) is 10.0 Å². The minimum atomic E-state index is -3.39. The smallest absolute Gasteiger partial charge is 0.254 e. The number of nitrogens with two attached hydrogens (primary N) is 1. The number of halogens is 1. The standard InChI is InChI=1S/C10H14FN3O3S/c1-13-18(16,17)5-4-14-10(15)8-3-2-7(12)6-9(8)11/h2-3,6,13H,4-5,12H2,1H3,(H,14,15). The zero-order valence-electron chi connectivity index (χ0n) is 9.73. The van der Waals surface area contributed by atoms with Gasteiger partial charge in [-0.25, -0.2) is 17.5 Å². The Balaban J connectivity index is 2.61. The first kappa shape index (κ1) is 14.4. The molecule has 0 radical (unpaired) electrons. The average Bonchev–Trinajstić information content (AvgIpc) is 2.28. The van der Waals surface area contributed by atoms with Crippen molar-refractivity contribution in [2.24, 2.45) is 0 Å². The lowest BCUT2D eigenvalue weighted by molar-refractivity contribution is 0.0952. The van der Waals surface area contributed by atoms with Gasteiger partial charge in [0.1, 0.15) is 5.82 Å². The van der Waals surface area contributed by atoms with Crippen LogP contribution >= 0.6 is 0 Å². The van der Waals surface area contributed by atoms with Crippen molar-refractivity contribution in [3.63, 3.8) is 0 Å². The molecule has 0 aliphatic rings. The maximum Gasteiger partial charge on any atom is 0.254 e. The van der Waals surface area contributed by atoms with Gasteiger partial charge in [0, 0.05) is 12.2 Å². The molecule has 100 valence electrons. The molecule has 0 atom stereocenters. The number of carbonyl (C=O) groups is 1. The Labute approximate surface area is 104 Å². The number of amides is 1. The van der Waals surface area contributed by atoms with Crippen molar-refractivity contribution >= 4 is 21.6 Å². The number of anilines is 1. The molecule has 18 heavy (non-hydrogen) atoms. The number of hydrogen-bond donors (Lipinski definition) is 3. The number of benzene rings is 1. The fourth-order valence-electron chi connectivity index (χ4n) is 1.21. The predicted octanol–water partition coefficient (Wildman–Crippen LogP) is -0.313. The molecule has 6 nitrogen and oxygen atoms in total. The highest BCUT2D eigenvalue weighted by Gasteiger charge is 2.13. The Morgan fingerprint density at radius 3 is 2.67 bits per heavy atom. The second-order valence-corrected chi connectivity index (χ2v) is 5.56. The van der Waals surface area contributed by atoms with Gasteiger partial charge in [-0.15, -0.1) is 0 Å². The Morgan fingerprint density at radius 1 is 1.44 bits per heavy atom. The molecule has 1 rings (SSSR count). The molecule has 0 aliphatic carbocycles. The second kappa shape index (κ2) is 5.78. The third-order valence-corrected chi connectivity index (χ3v) is 3.57. The molecule has 1 amide bonds. The van der Waals surface area contributed by atoms with E-state index in [-0.39, 0.29) is 23.5 Å². The number of hydrogen-bond acceptors (Lipinski definition) is 4. The molecule has 8 heteroatoms. The van der Waals surface area contributed by atoms with Crippen LogP contribution in [0.2, 0.25) is 0 Å². The molecule has 1 aromatic rings. The van der Waals surface area contributed by atoms with E-state index in [2.05, 4.69) is 10.0 Å². The number of nitrogens with one attached hydrogen (secondary N) is 2. The van der Waals surface area contributed by atoms with Crippen molar-refractivity contribution in [3.8, 4) is 0 Å². The summed E-state index contributed by atoms with van der Waals surface area (Å²) in [7, 11) is -2.12. The first-order valence-electron chi connectivity index (χ1n) is 5.10. The lowest BCUT2D eigenvalue weighted by atomic mass is 10.2. The first-order valence-corrected chi connectivity index (χ1v) is 6.75. The van der Waals surface area contributed by atoms with Gasteiger partial charge in [-0.2, -0.15) is 0 Å². The van der Waals surface area contributed by atoms with Gasteiger partial charge in [0.15, 0.2) is 0 Å². The Morgan fingerprint density at radius 2 is 2.11 bits per heavy atom. The summed E-state index contributed by atoms with van der Waals surface area (Å²) in [4.78, 5) is 11.5. The average molecular weight is 275 g/mol. The molecule has 0 spiro atoms. The van der Waals surface area contributed by atoms with Crippen LogP contribution in [0.4, 0.5) is 10.1 Å². The van der Waals surface area contributed by atoms with E-state index in [4.69, 9.17) is 5.73 Å². The SMILES string of the molecule is CNS(=O)(=O)CCNC(=O)c1ccc(N)cc1F. The van der Waals surface area contributed by atoms with E-state index in [0.717, 1.165) is 6.07 Å². The van der Waals surface area contributed by atoms with Gasteiger partial charge in [0.25, 0.3) is 5.91 Å². The van der Waals surface area contributed by atoms with E-state index in [9.17, 15) is 17.6 Å². The summed E-state index contributed by atoms with van der Waals surface area (Å²) in [5.74, 6) is -1.70. The van der Waals surface area contributed by atoms with E-state index in [1.807, 2.05) is 0 Å². The van der Waals surface area contributed by atoms with Crippen LogP contribution in [0, 0.1) is 5.82 Å². The van der Waals surface area contributed by atoms with Crippen LogP contribution in [0.3, 0.4) is 0 Å². The Kier molecular flexibility index (Phi) is 4.62. The van der Waals surface area contributed by atoms with Crippen LogP contribution in [-0.4, -0.2) is 33.7 Å². The van der Waals surface area contributed by atoms with Gasteiger partial charge in [-0.3, -0.25) is 4.79 Å². The Hall–Kier alpha value is -1.67. The number of nitrogen functional groups attached to an aromatic ring is 1. The highest BCUT2D eigenvalue weighted by atomic mass is 32.2. The highest BCUT2D eigenvalue weighted by Crippen LogP contribution is 2.11. The topological polar surface area (TPSA) is 101 Å². The number of carbonyl (C=O) groups excluding carboxylic acids is 1. The fraction of sp³-hybridized carbons (Fsp3) is 0.300. The zero-order valence-corrected chi connectivity index (χ0v) is 10.6. The van der Waals surface area contributed by atoms with E-state index in [1.165, 1.54) is 19.2 Å². The minimum Gasteiger partial charge on any atom is -0.399 e. The lowest BCUT2D eigenvalue weighted by Gasteiger charge is -2.06. The molecule has 0 aromatic heterocycles. The largest absolute Gasteiger partial charge is 0.399 e. The molecular weight excluding hydrogens is 261 g/mol. The minimum absolute atomic E-state index is 0.105. The van der Waals surface area contributed by atoms with E-state index in [0.29, 0.717) is 0 Å². The molecule has 0 saturated heterocycles. The van der Waals surface area contributed by atoms with Crippen LogP contribution in [0.5, 0.6) is 0 Å². The van der Waals surface area contributed by atoms with Crippen LogP contribution in [0.1, 0.15) is 10.4 Å². The second-order valence-electron chi connectivity index (χ2n) is 3.52. The fourth-order valence-corrected chi connectivity index (χ4v) is 1.79. The van der Waals surface area contributed by atoms with Crippen molar-refractivity contribution in [1.29, 1.82) is 0 Å². The third-order valence-electron chi connectivity index (χ3n) is 2.21. The third kappa shape index (κ3) is 3.97. The maximum atomic E-state index is 13.4. The molecule has 0 saturated carbocycles. The first-order chi connectivity index (χ1) is 8.35. The van der Waals surface area contributed by atoms with Crippen molar-refractivity contribution < 1.29 is 17.6 Å². The van der Waals surface area contributed by atoms with Gasteiger partial charge in [-0.05, 0) is 25.2 Å². The normalized spacial score (nSPS) is 11.2. The summed E-state index contributed by atoms with van der Waals surface area (Å²) in [5, 5.41) is 2.31. The van der Waals surface area contributed by atoms with Gasteiger partial charge in [0.2, 0.25) is 10.0 Å². The summed E-state index contributed by atoms with van der Waals surface area (Å²) < 4.78 is 37.6. The molecule has 0 heterocycles. The summed E-state index contributed by atoms with van der Waals surface area (Å²) in [6.45, 7) is -0.105. The van der Waals surface area contributed by atoms with Crippen LogP contribution in [0.25, 0.3) is 0 Å². The quantitative estimate of drug-likeness (QED) is 0.641. The molecule has 0 fully saturated rings. The molecule has 0 bridgehead atoms. The molecular formula is C10H14FN3O3S. The zero-order chi connectivity index (χ0) is 13.8. The van der Waals surface area contributed by atoms with E-state index >= 15 is 0 Å². The van der Waals surface area contributed by atoms with Crippen molar-refractivity contribution in [2.45, 2.75) is 0 Å². The monoisotopic (exact) mass is 275 g/mol. The van der Waals surface area contributed by atoms with Gasteiger partial charge < -0.3 is 11.1 Å².